The molecule has 0 spiro atoms. The highest BCUT2D eigenvalue weighted by Gasteiger charge is 1.93. The summed E-state index contributed by atoms with van der Waals surface area (Å²) in [5.41, 5.74) is 0. The zero-order chi connectivity index (χ0) is 10.7. The van der Waals surface area contributed by atoms with Crippen LogP contribution in [0.15, 0.2) is 0 Å². The van der Waals surface area contributed by atoms with E-state index in [2.05, 4.69) is 0 Å². The monoisotopic (exact) mass is 260 g/mol. The van der Waals surface area contributed by atoms with Crippen LogP contribution in [0.5, 0.6) is 0 Å². The Kier molecular flexibility index (Phi) is 31.9. The van der Waals surface area contributed by atoms with Crippen LogP contribution >= 0.6 is 24.8 Å². The quantitative estimate of drug-likeness (QED) is 0.265. The summed E-state index contributed by atoms with van der Waals surface area (Å²) < 4.78 is 26.1. The smallest absolute Gasteiger partial charge is 0.344 e. The Morgan fingerprint density at radius 2 is 0.538 bits per heavy atom. The van der Waals surface area contributed by atoms with Gasteiger partial charge < -0.3 is 6.15 Å². The molecule has 0 aliphatic heterocycles. The van der Waals surface area contributed by atoms with Crippen molar-refractivity contribution in [3.05, 3.63) is 0 Å². The Labute approximate surface area is 74.9 Å². The van der Waals surface area contributed by atoms with E-state index in [0.717, 1.165) is 0 Å². The summed E-state index contributed by atoms with van der Waals surface area (Å²) in [6.07, 6.45) is 0. The molecule has 0 saturated carbocycles. The van der Waals surface area contributed by atoms with Gasteiger partial charge in [-0.1, -0.05) is 0 Å². The SMILES string of the molecule is N.O=[P+](O)O.O=[P+](O)O.O=[P+](O)O. The highest BCUT2D eigenvalue weighted by molar-refractivity contribution is 7.31. The Balaban J connectivity index is -0.0000000450. The third-order valence-electron chi connectivity index (χ3n) is 0. The number of rotatable bonds is 0. The van der Waals surface area contributed by atoms with Crippen LogP contribution in [0.25, 0.3) is 0 Å². The van der Waals surface area contributed by atoms with Gasteiger partial charge in [-0.05, 0) is 0 Å². The minimum atomic E-state index is -2.87. The Hall–Kier alpha value is 0.0200. The molecule has 0 fully saturated rings. The van der Waals surface area contributed by atoms with E-state index in [1.807, 2.05) is 0 Å². The fourth-order valence-electron chi connectivity index (χ4n) is 0. The van der Waals surface area contributed by atoms with Gasteiger partial charge >= 0.3 is 24.8 Å². The Bertz CT molecular complexity index is 112. The highest BCUT2D eigenvalue weighted by atomic mass is 31.1. The summed E-state index contributed by atoms with van der Waals surface area (Å²) in [4.78, 5) is 42.7. The van der Waals surface area contributed by atoms with Crippen molar-refractivity contribution in [1.82, 2.24) is 6.15 Å². The lowest BCUT2D eigenvalue weighted by molar-refractivity contribution is 0.403. The second-order valence-electron chi connectivity index (χ2n) is 0.758. The average molecular weight is 260 g/mol. The molecule has 0 aromatic carbocycles. The zero-order valence-corrected chi connectivity index (χ0v) is 8.64. The molecule has 0 unspecified atom stereocenters. The first kappa shape index (κ1) is 23.1. The van der Waals surface area contributed by atoms with E-state index in [1.165, 1.54) is 0 Å². The van der Waals surface area contributed by atoms with Gasteiger partial charge in [0.15, 0.2) is 0 Å². The van der Waals surface area contributed by atoms with Gasteiger partial charge in [-0.25, -0.2) is 0 Å². The van der Waals surface area contributed by atoms with E-state index in [0.29, 0.717) is 0 Å². The van der Waals surface area contributed by atoms with Gasteiger partial charge in [-0.3, -0.25) is 0 Å². The Morgan fingerprint density at radius 3 is 0.538 bits per heavy atom. The summed E-state index contributed by atoms with van der Waals surface area (Å²) in [7, 11) is -8.61. The zero-order valence-electron chi connectivity index (χ0n) is 5.96. The van der Waals surface area contributed by atoms with Crippen molar-refractivity contribution in [2.45, 2.75) is 0 Å². The molecular weight excluding hydrogens is 251 g/mol. The van der Waals surface area contributed by atoms with Crippen molar-refractivity contribution in [2.75, 3.05) is 0 Å². The molecule has 0 atom stereocenters. The molecule has 0 heterocycles. The molecule has 9 N–H and O–H groups in total. The third kappa shape index (κ3) is 3020000. The van der Waals surface area contributed by atoms with E-state index < -0.39 is 24.8 Å². The maximum absolute atomic E-state index is 8.70. The average Bonchev–Trinajstić information content (AvgIpc) is 1.54. The summed E-state index contributed by atoms with van der Waals surface area (Å²) >= 11 is 0. The maximum Gasteiger partial charge on any atom is 0.692 e. The van der Waals surface area contributed by atoms with Crippen LogP contribution in [0.3, 0.4) is 0 Å². The molecule has 0 aliphatic carbocycles. The molecule has 0 bridgehead atoms. The van der Waals surface area contributed by atoms with E-state index in [9.17, 15) is 0 Å². The molecule has 0 aromatic rings. The van der Waals surface area contributed by atoms with Gasteiger partial charge in [-0.15, -0.1) is 29.4 Å². The van der Waals surface area contributed by atoms with Gasteiger partial charge in [0.1, 0.15) is 0 Å². The van der Waals surface area contributed by atoms with Gasteiger partial charge in [0.2, 0.25) is 0 Å². The lowest BCUT2D eigenvalue weighted by Crippen LogP contribution is -1.38. The van der Waals surface area contributed by atoms with Crippen LogP contribution in [0.1, 0.15) is 0 Å². The third-order valence-corrected chi connectivity index (χ3v) is 0. The minimum absolute atomic E-state index is 0. The van der Waals surface area contributed by atoms with E-state index in [4.69, 9.17) is 43.1 Å². The number of hydrogen-bond donors (Lipinski definition) is 7. The van der Waals surface area contributed by atoms with Crippen molar-refractivity contribution in [2.24, 2.45) is 0 Å². The number of hydrogen-bond acceptors (Lipinski definition) is 4. The Morgan fingerprint density at radius 1 is 0.538 bits per heavy atom. The molecule has 80 valence electrons. The predicted octanol–water partition coefficient (Wildman–Crippen LogP) is -0.953. The van der Waals surface area contributed by atoms with Gasteiger partial charge in [0, 0.05) is 13.7 Å². The van der Waals surface area contributed by atoms with Crippen molar-refractivity contribution >= 4 is 24.8 Å². The van der Waals surface area contributed by atoms with Crippen LogP contribution in [0.2, 0.25) is 0 Å². The first-order valence-corrected chi connectivity index (χ1v) is 5.24. The van der Waals surface area contributed by atoms with Crippen LogP contribution in [-0.4, -0.2) is 29.4 Å². The summed E-state index contributed by atoms with van der Waals surface area (Å²) in [6, 6.07) is 0. The summed E-state index contributed by atoms with van der Waals surface area (Å²) in [6.45, 7) is 0. The van der Waals surface area contributed by atoms with E-state index in [-0.39, 0.29) is 6.15 Å². The molecule has 0 radical (unpaired) electrons. The normalized spacial score (nSPS) is 6.00. The lowest BCUT2D eigenvalue weighted by atomic mass is 14.0. The minimum Gasteiger partial charge on any atom is -0.344 e. The van der Waals surface area contributed by atoms with Crippen LogP contribution in [0, 0.1) is 0 Å². The van der Waals surface area contributed by atoms with Gasteiger partial charge in [0.25, 0.3) is 0 Å². The fraction of sp³-hybridized carbons (Fsp3) is 0. The molecule has 0 saturated heterocycles. The van der Waals surface area contributed by atoms with Crippen LogP contribution in [-0.2, 0) is 13.7 Å². The van der Waals surface area contributed by atoms with Crippen LogP contribution < -0.4 is 6.15 Å². The molecule has 0 amide bonds. The lowest BCUT2D eigenvalue weighted by Gasteiger charge is -1.34. The molecule has 10 nitrogen and oxygen atoms in total. The van der Waals surface area contributed by atoms with Crippen molar-refractivity contribution in [1.29, 1.82) is 0 Å². The molecule has 13 heteroatoms. The van der Waals surface area contributed by atoms with Crippen molar-refractivity contribution in [3.8, 4) is 0 Å². The van der Waals surface area contributed by atoms with Crippen molar-refractivity contribution in [3.63, 3.8) is 0 Å². The fourth-order valence-corrected chi connectivity index (χ4v) is 0. The predicted molar refractivity (Wildman–Crippen MR) is 41.2 cm³/mol. The summed E-state index contributed by atoms with van der Waals surface area (Å²) in [5.74, 6) is 0. The second kappa shape index (κ2) is 17.9. The second-order valence-corrected chi connectivity index (χ2v) is 2.27. The molecule has 0 aliphatic rings. The maximum atomic E-state index is 8.70. The largest absolute Gasteiger partial charge is 0.692 e. The molecular formula is H9NO9P3+3. The van der Waals surface area contributed by atoms with E-state index >= 15 is 0 Å². The van der Waals surface area contributed by atoms with Gasteiger partial charge in [0.05, 0.1) is 0 Å². The van der Waals surface area contributed by atoms with E-state index in [1.54, 1.807) is 0 Å². The molecule has 0 rings (SSSR count). The standard InChI is InChI=1S/H3N.3HO3P/c;3*1-4(2)3/h1H3;3*(H-,1,2,3)/p+3. The highest BCUT2D eigenvalue weighted by Crippen LogP contribution is 1.99. The molecule has 0 aromatic heterocycles. The summed E-state index contributed by atoms with van der Waals surface area (Å²) in [5, 5.41) is 0. The first-order chi connectivity index (χ1) is 5.20. The molecule has 13 heavy (non-hydrogen) atoms. The van der Waals surface area contributed by atoms with Crippen molar-refractivity contribution < 1.29 is 43.1 Å². The van der Waals surface area contributed by atoms with Gasteiger partial charge in [-0.2, -0.15) is 0 Å². The first-order valence-electron chi connectivity index (χ1n) is 1.75. The topological polar surface area (TPSA) is 208 Å². The van der Waals surface area contributed by atoms with Crippen LogP contribution in [0.4, 0.5) is 0 Å².